The molecular formula is C17H18ClN5O3. The Balaban J connectivity index is 1.55. The molecule has 0 aliphatic rings. The van der Waals surface area contributed by atoms with Crippen molar-refractivity contribution >= 4 is 28.7 Å². The van der Waals surface area contributed by atoms with E-state index in [1.165, 1.54) is 6.20 Å². The smallest absolute Gasteiger partial charge is 0.305 e. The SMILES string of the molecule is CCOC(=O)CCCCOc1ccc(-n2nnc3cnc(Cl)nc32)cc1. The maximum Gasteiger partial charge on any atom is 0.305 e. The first-order valence-electron chi connectivity index (χ1n) is 8.30. The van der Waals surface area contributed by atoms with Crippen LogP contribution in [0.25, 0.3) is 16.9 Å². The monoisotopic (exact) mass is 375 g/mol. The molecule has 2 aromatic heterocycles. The molecule has 0 atom stereocenters. The van der Waals surface area contributed by atoms with Crippen molar-refractivity contribution in [1.82, 2.24) is 25.0 Å². The van der Waals surface area contributed by atoms with Crippen molar-refractivity contribution in [2.75, 3.05) is 13.2 Å². The van der Waals surface area contributed by atoms with Crippen molar-refractivity contribution in [2.24, 2.45) is 0 Å². The van der Waals surface area contributed by atoms with E-state index in [4.69, 9.17) is 21.1 Å². The van der Waals surface area contributed by atoms with E-state index in [0.29, 0.717) is 30.8 Å². The number of esters is 1. The number of ether oxygens (including phenoxy) is 2. The maximum atomic E-state index is 11.2. The van der Waals surface area contributed by atoms with E-state index in [1.807, 2.05) is 24.3 Å². The van der Waals surface area contributed by atoms with Crippen molar-refractivity contribution in [3.05, 3.63) is 35.7 Å². The first-order valence-corrected chi connectivity index (χ1v) is 8.68. The average Bonchev–Trinajstić information content (AvgIpc) is 3.05. The molecule has 26 heavy (non-hydrogen) atoms. The van der Waals surface area contributed by atoms with Gasteiger partial charge in [-0.3, -0.25) is 4.79 Å². The summed E-state index contributed by atoms with van der Waals surface area (Å²) in [7, 11) is 0. The number of halogens is 1. The number of carbonyl (C=O) groups excluding carboxylic acids is 1. The van der Waals surface area contributed by atoms with Crippen molar-refractivity contribution in [3.63, 3.8) is 0 Å². The summed E-state index contributed by atoms with van der Waals surface area (Å²) in [4.78, 5) is 19.3. The van der Waals surface area contributed by atoms with Gasteiger partial charge in [-0.15, -0.1) is 5.10 Å². The van der Waals surface area contributed by atoms with Crippen molar-refractivity contribution in [2.45, 2.75) is 26.2 Å². The Kier molecular flexibility index (Phi) is 5.96. The first kappa shape index (κ1) is 18.1. The molecule has 9 heteroatoms. The van der Waals surface area contributed by atoms with Gasteiger partial charge in [0.15, 0.2) is 11.2 Å². The Morgan fingerprint density at radius 1 is 1.23 bits per heavy atom. The lowest BCUT2D eigenvalue weighted by atomic mass is 10.2. The fraction of sp³-hybridized carbons (Fsp3) is 0.353. The number of rotatable bonds is 8. The highest BCUT2D eigenvalue weighted by atomic mass is 35.5. The molecule has 0 aliphatic heterocycles. The maximum absolute atomic E-state index is 11.2. The molecule has 3 aromatic rings. The van der Waals surface area contributed by atoms with Crippen LogP contribution in [0.5, 0.6) is 5.75 Å². The van der Waals surface area contributed by atoms with Gasteiger partial charge >= 0.3 is 5.97 Å². The number of aromatic nitrogens is 5. The summed E-state index contributed by atoms with van der Waals surface area (Å²) in [5, 5.41) is 8.23. The summed E-state index contributed by atoms with van der Waals surface area (Å²) >= 11 is 5.84. The van der Waals surface area contributed by atoms with Crippen molar-refractivity contribution < 1.29 is 14.3 Å². The number of hydrogen-bond acceptors (Lipinski definition) is 7. The zero-order chi connectivity index (χ0) is 18.4. The second kappa shape index (κ2) is 8.57. The average molecular weight is 376 g/mol. The highest BCUT2D eigenvalue weighted by molar-refractivity contribution is 6.28. The fourth-order valence-corrected chi connectivity index (χ4v) is 2.49. The summed E-state index contributed by atoms with van der Waals surface area (Å²) in [6.07, 6.45) is 3.47. The van der Waals surface area contributed by atoms with Gasteiger partial charge in [-0.05, 0) is 55.6 Å². The zero-order valence-electron chi connectivity index (χ0n) is 14.3. The van der Waals surface area contributed by atoms with Gasteiger partial charge in [-0.25, -0.2) is 4.98 Å². The zero-order valence-corrected chi connectivity index (χ0v) is 15.0. The van der Waals surface area contributed by atoms with Crippen LogP contribution in [-0.2, 0) is 9.53 Å². The van der Waals surface area contributed by atoms with E-state index in [-0.39, 0.29) is 11.3 Å². The van der Waals surface area contributed by atoms with Crippen molar-refractivity contribution in [3.8, 4) is 11.4 Å². The summed E-state index contributed by atoms with van der Waals surface area (Å²) in [5.41, 5.74) is 1.89. The summed E-state index contributed by atoms with van der Waals surface area (Å²) < 4.78 is 12.2. The molecule has 8 nitrogen and oxygen atoms in total. The van der Waals surface area contributed by atoms with Crippen molar-refractivity contribution in [1.29, 1.82) is 0 Å². The molecule has 1 aromatic carbocycles. The summed E-state index contributed by atoms with van der Waals surface area (Å²) in [5.74, 6) is 0.572. The molecule has 0 bridgehead atoms. The highest BCUT2D eigenvalue weighted by Crippen LogP contribution is 2.19. The van der Waals surface area contributed by atoms with Gasteiger partial charge in [0.1, 0.15) is 5.75 Å². The third kappa shape index (κ3) is 4.45. The Hall–Kier alpha value is -2.74. The second-order valence-corrected chi connectivity index (χ2v) is 5.79. The van der Waals surface area contributed by atoms with Crippen LogP contribution in [0.15, 0.2) is 30.5 Å². The van der Waals surface area contributed by atoms with E-state index in [2.05, 4.69) is 20.3 Å². The topological polar surface area (TPSA) is 92.0 Å². The van der Waals surface area contributed by atoms with Gasteiger partial charge in [0, 0.05) is 6.42 Å². The minimum atomic E-state index is -0.166. The van der Waals surface area contributed by atoms with Gasteiger partial charge in [-0.1, -0.05) is 5.21 Å². The molecule has 0 N–H and O–H groups in total. The van der Waals surface area contributed by atoms with E-state index in [1.54, 1.807) is 11.6 Å². The minimum Gasteiger partial charge on any atom is -0.494 e. The minimum absolute atomic E-state index is 0.142. The Morgan fingerprint density at radius 2 is 2.04 bits per heavy atom. The van der Waals surface area contributed by atoms with Gasteiger partial charge in [0.05, 0.1) is 25.1 Å². The predicted octanol–water partition coefficient (Wildman–Crippen LogP) is 2.98. The Morgan fingerprint density at radius 3 is 2.81 bits per heavy atom. The van der Waals surface area contributed by atoms with Gasteiger partial charge in [0.25, 0.3) is 0 Å². The lowest BCUT2D eigenvalue weighted by Gasteiger charge is -2.07. The third-order valence-corrected chi connectivity index (χ3v) is 3.78. The lowest BCUT2D eigenvalue weighted by Crippen LogP contribution is -2.05. The van der Waals surface area contributed by atoms with Crippen LogP contribution in [-0.4, -0.2) is 44.1 Å². The molecule has 0 radical (unpaired) electrons. The Bertz CT molecular complexity index is 882. The van der Waals surface area contributed by atoms with Crippen LogP contribution in [0.2, 0.25) is 5.28 Å². The first-order chi connectivity index (χ1) is 12.7. The second-order valence-electron chi connectivity index (χ2n) is 5.45. The van der Waals surface area contributed by atoms with Gasteiger partial charge in [-0.2, -0.15) is 9.67 Å². The molecule has 0 saturated carbocycles. The molecule has 0 amide bonds. The fourth-order valence-electron chi connectivity index (χ4n) is 2.36. The van der Waals surface area contributed by atoms with E-state index >= 15 is 0 Å². The number of fused-ring (bicyclic) bond motifs is 1. The molecule has 2 heterocycles. The lowest BCUT2D eigenvalue weighted by molar-refractivity contribution is -0.143. The molecule has 136 valence electrons. The number of carbonyl (C=O) groups is 1. The number of benzene rings is 1. The molecular weight excluding hydrogens is 358 g/mol. The van der Waals surface area contributed by atoms with Gasteiger partial charge < -0.3 is 9.47 Å². The summed E-state index contributed by atoms with van der Waals surface area (Å²) in [6.45, 7) is 2.75. The van der Waals surface area contributed by atoms with E-state index in [0.717, 1.165) is 24.3 Å². The molecule has 0 fully saturated rings. The van der Waals surface area contributed by atoms with Gasteiger partial charge in [0.2, 0.25) is 5.28 Å². The van der Waals surface area contributed by atoms with Crippen LogP contribution in [0.1, 0.15) is 26.2 Å². The van der Waals surface area contributed by atoms with Crippen LogP contribution < -0.4 is 4.74 Å². The van der Waals surface area contributed by atoms with Crippen LogP contribution >= 0.6 is 11.6 Å². The summed E-state index contributed by atoms with van der Waals surface area (Å²) in [6, 6.07) is 7.41. The number of hydrogen-bond donors (Lipinski definition) is 0. The quantitative estimate of drug-likeness (QED) is 0.339. The third-order valence-electron chi connectivity index (χ3n) is 3.59. The molecule has 0 unspecified atom stereocenters. The van der Waals surface area contributed by atoms with E-state index in [9.17, 15) is 4.79 Å². The largest absolute Gasteiger partial charge is 0.494 e. The normalized spacial score (nSPS) is 10.8. The Labute approximate surface area is 155 Å². The number of unbranched alkanes of at least 4 members (excludes halogenated alkanes) is 1. The molecule has 3 rings (SSSR count). The molecule has 0 saturated heterocycles. The number of nitrogens with zero attached hydrogens (tertiary/aromatic N) is 5. The van der Waals surface area contributed by atoms with E-state index < -0.39 is 0 Å². The van der Waals surface area contributed by atoms with Crippen LogP contribution in [0.4, 0.5) is 0 Å². The highest BCUT2D eigenvalue weighted by Gasteiger charge is 2.09. The standard InChI is InChI=1S/C17H18ClN5O3/c1-2-25-15(24)5-3-4-10-26-13-8-6-12(7-9-13)23-16-14(21-22-23)11-19-17(18)20-16/h6-9,11H,2-5,10H2,1H3. The predicted molar refractivity (Wildman–Crippen MR) is 95.4 cm³/mol. The molecule has 0 aliphatic carbocycles. The van der Waals surface area contributed by atoms with Crippen LogP contribution in [0, 0.1) is 0 Å². The van der Waals surface area contributed by atoms with Crippen LogP contribution in [0.3, 0.4) is 0 Å². The molecule has 0 spiro atoms.